The van der Waals surface area contributed by atoms with Gasteiger partial charge in [0, 0.05) is 10.5 Å². The predicted molar refractivity (Wildman–Crippen MR) is 83.4 cm³/mol. The minimum absolute atomic E-state index is 0.588. The van der Waals surface area contributed by atoms with Crippen LogP contribution in [0.4, 0.5) is 5.69 Å². The summed E-state index contributed by atoms with van der Waals surface area (Å²) in [7, 11) is 0. The summed E-state index contributed by atoms with van der Waals surface area (Å²) in [6.07, 6.45) is 7.97. The summed E-state index contributed by atoms with van der Waals surface area (Å²) in [4.78, 5) is 0. The molecule has 0 aliphatic heterocycles. The molecule has 0 spiro atoms. The Labute approximate surface area is 123 Å². The first-order chi connectivity index (χ1) is 8.69. The molecular weight excluding hydrogens is 310 g/mol. The molecule has 100 valence electrons. The summed E-state index contributed by atoms with van der Waals surface area (Å²) in [5.74, 6) is 0.950. The van der Waals surface area contributed by atoms with Gasteiger partial charge in [-0.1, -0.05) is 47.3 Å². The third kappa shape index (κ3) is 3.89. The molecule has 0 aromatic heterocycles. The first kappa shape index (κ1) is 14.2. The van der Waals surface area contributed by atoms with Gasteiger partial charge in [-0.3, -0.25) is 0 Å². The number of halogens is 2. The van der Waals surface area contributed by atoms with Crippen LogP contribution in [0.15, 0.2) is 22.7 Å². The number of hydrogen-bond donors (Lipinski definition) is 1. The Balaban J connectivity index is 1.89. The lowest BCUT2D eigenvalue weighted by Gasteiger charge is -2.30. The van der Waals surface area contributed by atoms with E-state index in [2.05, 4.69) is 34.2 Å². The number of hydrogen-bond acceptors (Lipinski definition) is 1. The number of benzene rings is 1. The van der Waals surface area contributed by atoms with Gasteiger partial charge in [-0.25, -0.2) is 0 Å². The first-order valence-electron chi connectivity index (χ1n) is 6.90. The van der Waals surface area contributed by atoms with E-state index in [0.717, 1.165) is 21.1 Å². The molecule has 1 nitrogen and oxygen atoms in total. The van der Waals surface area contributed by atoms with Crippen molar-refractivity contribution in [2.75, 3.05) is 5.32 Å². The highest BCUT2D eigenvalue weighted by atomic mass is 79.9. The van der Waals surface area contributed by atoms with Crippen molar-refractivity contribution in [1.29, 1.82) is 0 Å². The molecule has 0 saturated heterocycles. The Morgan fingerprint density at radius 2 is 2.00 bits per heavy atom. The average Bonchev–Trinajstić information content (AvgIpc) is 2.37. The Bertz CT molecular complexity index is 386. The van der Waals surface area contributed by atoms with Crippen LogP contribution in [-0.2, 0) is 0 Å². The van der Waals surface area contributed by atoms with E-state index in [1.54, 1.807) is 0 Å². The van der Waals surface area contributed by atoms with Crippen molar-refractivity contribution in [3.63, 3.8) is 0 Å². The second-order valence-corrected chi connectivity index (χ2v) is 6.60. The van der Waals surface area contributed by atoms with Gasteiger partial charge in [0.25, 0.3) is 0 Å². The molecular formula is C15H21BrClN. The minimum atomic E-state index is 0.588. The van der Waals surface area contributed by atoms with Gasteiger partial charge in [-0.05, 0) is 49.8 Å². The molecule has 0 unspecified atom stereocenters. The standard InChI is InChI=1S/C15H21BrClN/c1-2-3-11-4-7-13(8-5-11)18-15-10-12(16)6-9-14(15)17/h6,9-11,13,18H,2-5,7-8H2,1H3. The van der Waals surface area contributed by atoms with Crippen molar-refractivity contribution in [3.05, 3.63) is 27.7 Å². The molecule has 3 heteroatoms. The van der Waals surface area contributed by atoms with Crippen LogP contribution >= 0.6 is 27.5 Å². The van der Waals surface area contributed by atoms with E-state index in [1.807, 2.05) is 12.1 Å². The lowest BCUT2D eigenvalue weighted by atomic mass is 9.83. The van der Waals surface area contributed by atoms with Crippen LogP contribution in [0.3, 0.4) is 0 Å². The third-order valence-corrected chi connectivity index (χ3v) is 4.65. The molecule has 1 fully saturated rings. The van der Waals surface area contributed by atoms with Crippen LogP contribution < -0.4 is 5.32 Å². The summed E-state index contributed by atoms with van der Waals surface area (Å²) in [5, 5.41) is 4.40. The van der Waals surface area contributed by atoms with Crippen molar-refractivity contribution in [1.82, 2.24) is 0 Å². The number of rotatable bonds is 4. The molecule has 0 radical (unpaired) electrons. The van der Waals surface area contributed by atoms with Gasteiger partial charge in [-0.15, -0.1) is 0 Å². The van der Waals surface area contributed by atoms with Crippen LogP contribution in [0.1, 0.15) is 45.4 Å². The molecule has 1 aliphatic carbocycles. The Morgan fingerprint density at radius 1 is 1.28 bits per heavy atom. The number of anilines is 1. The van der Waals surface area contributed by atoms with Gasteiger partial charge >= 0.3 is 0 Å². The molecule has 0 bridgehead atoms. The largest absolute Gasteiger partial charge is 0.381 e. The second-order valence-electron chi connectivity index (χ2n) is 5.27. The summed E-state index contributed by atoms with van der Waals surface area (Å²) < 4.78 is 1.08. The van der Waals surface area contributed by atoms with E-state index < -0.39 is 0 Å². The van der Waals surface area contributed by atoms with E-state index >= 15 is 0 Å². The lowest BCUT2D eigenvalue weighted by Crippen LogP contribution is -2.26. The van der Waals surface area contributed by atoms with Gasteiger partial charge in [-0.2, -0.15) is 0 Å². The first-order valence-corrected chi connectivity index (χ1v) is 8.07. The maximum atomic E-state index is 6.21. The van der Waals surface area contributed by atoms with Crippen molar-refractivity contribution < 1.29 is 0 Å². The quantitative estimate of drug-likeness (QED) is 0.727. The van der Waals surface area contributed by atoms with Crippen molar-refractivity contribution in [2.24, 2.45) is 5.92 Å². The maximum Gasteiger partial charge on any atom is 0.0638 e. The van der Waals surface area contributed by atoms with Crippen LogP contribution in [-0.4, -0.2) is 6.04 Å². The van der Waals surface area contributed by atoms with E-state index in [9.17, 15) is 0 Å². The fourth-order valence-electron chi connectivity index (χ4n) is 2.83. The molecule has 1 saturated carbocycles. The van der Waals surface area contributed by atoms with Crippen LogP contribution in [0, 0.1) is 5.92 Å². The predicted octanol–water partition coefficient (Wildman–Crippen LogP) is 5.87. The molecule has 0 heterocycles. The molecule has 2 rings (SSSR count). The van der Waals surface area contributed by atoms with E-state index in [-0.39, 0.29) is 0 Å². The Kier molecular flexibility index (Phi) is 5.38. The zero-order chi connectivity index (χ0) is 13.0. The third-order valence-electron chi connectivity index (χ3n) is 3.83. The molecule has 18 heavy (non-hydrogen) atoms. The molecule has 1 aromatic carbocycles. The molecule has 1 N–H and O–H groups in total. The summed E-state index contributed by atoms with van der Waals surface area (Å²) in [6, 6.07) is 6.58. The van der Waals surface area contributed by atoms with Crippen LogP contribution in [0.25, 0.3) is 0 Å². The monoisotopic (exact) mass is 329 g/mol. The Hall–Kier alpha value is -0.210. The highest BCUT2D eigenvalue weighted by Crippen LogP contribution is 2.32. The topological polar surface area (TPSA) is 12.0 Å². The summed E-state index contributed by atoms with van der Waals surface area (Å²) >= 11 is 9.70. The zero-order valence-electron chi connectivity index (χ0n) is 10.9. The fourth-order valence-corrected chi connectivity index (χ4v) is 3.36. The molecule has 1 aromatic rings. The van der Waals surface area contributed by atoms with Gasteiger partial charge < -0.3 is 5.32 Å². The van der Waals surface area contributed by atoms with Gasteiger partial charge in [0.15, 0.2) is 0 Å². The Morgan fingerprint density at radius 3 is 2.67 bits per heavy atom. The summed E-state index contributed by atoms with van der Waals surface area (Å²) in [6.45, 7) is 2.28. The summed E-state index contributed by atoms with van der Waals surface area (Å²) in [5.41, 5.74) is 1.06. The molecule has 0 atom stereocenters. The van der Waals surface area contributed by atoms with E-state index in [0.29, 0.717) is 6.04 Å². The lowest BCUT2D eigenvalue weighted by molar-refractivity contribution is 0.319. The highest BCUT2D eigenvalue weighted by molar-refractivity contribution is 9.10. The number of nitrogens with one attached hydrogen (secondary N) is 1. The van der Waals surface area contributed by atoms with Gasteiger partial charge in [0.2, 0.25) is 0 Å². The fraction of sp³-hybridized carbons (Fsp3) is 0.600. The van der Waals surface area contributed by atoms with Crippen molar-refractivity contribution in [2.45, 2.75) is 51.5 Å². The van der Waals surface area contributed by atoms with E-state index in [1.165, 1.54) is 38.5 Å². The minimum Gasteiger partial charge on any atom is -0.381 e. The second kappa shape index (κ2) is 6.81. The average molecular weight is 331 g/mol. The van der Waals surface area contributed by atoms with Gasteiger partial charge in [0.1, 0.15) is 0 Å². The molecule has 1 aliphatic rings. The van der Waals surface area contributed by atoms with Crippen LogP contribution in [0.2, 0.25) is 5.02 Å². The van der Waals surface area contributed by atoms with E-state index in [4.69, 9.17) is 11.6 Å². The zero-order valence-corrected chi connectivity index (χ0v) is 13.2. The highest BCUT2D eigenvalue weighted by Gasteiger charge is 2.20. The van der Waals surface area contributed by atoms with Crippen molar-refractivity contribution in [3.8, 4) is 0 Å². The smallest absolute Gasteiger partial charge is 0.0638 e. The normalized spacial score (nSPS) is 23.9. The van der Waals surface area contributed by atoms with Crippen LogP contribution in [0.5, 0.6) is 0 Å². The van der Waals surface area contributed by atoms with Gasteiger partial charge in [0.05, 0.1) is 10.7 Å². The van der Waals surface area contributed by atoms with Crippen molar-refractivity contribution >= 4 is 33.2 Å². The molecule has 0 amide bonds. The maximum absolute atomic E-state index is 6.21. The SMILES string of the molecule is CCCC1CCC(Nc2cc(Br)ccc2Cl)CC1.